The van der Waals surface area contributed by atoms with Crippen LogP contribution in [0.15, 0.2) is 0 Å². The van der Waals surface area contributed by atoms with E-state index >= 15 is 0 Å². The molecule has 0 fully saturated rings. The molecule has 0 amide bonds. The number of aliphatic hydroxyl groups is 1. The molecule has 0 aromatic heterocycles. The Hall–Kier alpha value is 0.350. The predicted octanol–water partition coefficient (Wildman–Crippen LogP) is 0.566. The van der Waals surface area contributed by atoms with Crippen LogP contribution in [0.5, 0.6) is 0 Å². The van der Waals surface area contributed by atoms with Crippen molar-refractivity contribution >= 4 is 9.47 Å². The van der Waals surface area contributed by atoms with Gasteiger partial charge < -0.3 is 9.63 Å². The van der Waals surface area contributed by atoms with E-state index in [0.29, 0.717) is 0 Å². The molecular formula is C4H11O2P. The van der Waals surface area contributed by atoms with Crippen LogP contribution in [0.3, 0.4) is 0 Å². The zero-order valence-corrected chi connectivity index (χ0v) is 5.42. The summed E-state index contributed by atoms with van der Waals surface area (Å²) in [6, 6.07) is 0. The largest absolute Gasteiger partial charge is 0.396 e. The summed E-state index contributed by atoms with van der Waals surface area (Å²) in [5.74, 6) is 0. The molecule has 3 heteroatoms. The van der Waals surface area contributed by atoms with Gasteiger partial charge in [0.2, 0.25) is 0 Å². The molecule has 0 saturated carbocycles. The molecule has 0 aliphatic heterocycles. The summed E-state index contributed by atoms with van der Waals surface area (Å²) in [4.78, 5) is 0. The second-order valence-electron chi connectivity index (χ2n) is 1.30. The van der Waals surface area contributed by atoms with Gasteiger partial charge in [0.25, 0.3) is 0 Å². The number of rotatable bonds is 4. The first-order chi connectivity index (χ1) is 3.41. The van der Waals surface area contributed by atoms with E-state index in [0.717, 1.165) is 19.4 Å². The summed E-state index contributed by atoms with van der Waals surface area (Å²) in [5, 5.41) is 8.23. The molecule has 0 spiro atoms. The average Bonchev–Trinajstić information content (AvgIpc) is 1.69. The van der Waals surface area contributed by atoms with Crippen LogP contribution in [0.4, 0.5) is 0 Å². The van der Waals surface area contributed by atoms with Crippen molar-refractivity contribution in [2.45, 2.75) is 12.8 Å². The maximum Gasteiger partial charge on any atom is 0.0502 e. The molecule has 0 aromatic rings. The lowest BCUT2D eigenvalue weighted by molar-refractivity contribution is 0.265. The molecule has 1 atom stereocenters. The lowest BCUT2D eigenvalue weighted by Crippen LogP contribution is -1.86. The van der Waals surface area contributed by atoms with Gasteiger partial charge in [0, 0.05) is 16.1 Å². The fourth-order valence-electron chi connectivity index (χ4n) is 0.297. The SMILES string of the molecule is OCCCCOP. The third-order valence-corrected chi connectivity index (χ3v) is 0.906. The molecule has 0 saturated heterocycles. The van der Waals surface area contributed by atoms with E-state index in [4.69, 9.17) is 5.11 Å². The quantitative estimate of drug-likeness (QED) is 0.436. The molecule has 1 unspecified atom stereocenters. The molecule has 0 radical (unpaired) electrons. The van der Waals surface area contributed by atoms with Gasteiger partial charge in [-0.05, 0) is 12.8 Å². The van der Waals surface area contributed by atoms with E-state index in [2.05, 4.69) is 14.0 Å². The van der Waals surface area contributed by atoms with E-state index in [1.807, 2.05) is 0 Å². The van der Waals surface area contributed by atoms with Crippen LogP contribution in [0.2, 0.25) is 0 Å². The Balaban J connectivity index is 2.45. The van der Waals surface area contributed by atoms with Crippen molar-refractivity contribution in [1.82, 2.24) is 0 Å². The Kier molecular flexibility index (Phi) is 6.67. The summed E-state index contributed by atoms with van der Waals surface area (Å²) in [6.45, 7) is 0.999. The topological polar surface area (TPSA) is 29.5 Å². The number of aliphatic hydroxyl groups excluding tert-OH is 1. The minimum atomic E-state index is 0.272. The minimum absolute atomic E-state index is 0.272. The van der Waals surface area contributed by atoms with E-state index in [1.54, 1.807) is 0 Å². The highest BCUT2D eigenvalue weighted by molar-refractivity contribution is 7.09. The van der Waals surface area contributed by atoms with Gasteiger partial charge in [0.1, 0.15) is 0 Å². The van der Waals surface area contributed by atoms with E-state index in [-0.39, 0.29) is 6.61 Å². The maximum atomic E-state index is 8.23. The Labute approximate surface area is 46.2 Å². The third-order valence-electron chi connectivity index (χ3n) is 0.670. The number of hydrogen-bond donors (Lipinski definition) is 1. The van der Waals surface area contributed by atoms with Crippen molar-refractivity contribution < 1.29 is 9.63 Å². The smallest absolute Gasteiger partial charge is 0.0502 e. The summed E-state index contributed by atoms with van der Waals surface area (Å²) < 4.78 is 4.65. The molecule has 0 aromatic carbocycles. The highest BCUT2D eigenvalue weighted by Crippen LogP contribution is 1.91. The molecular weight excluding hydrogens is 111 g/mol. The second-order valence-corrected chi connectivity index (χ2v) is 1.63. The maximum absolute atomic E-state index is 8.23. The van der Waals surface area contributed by atoms with Crippen LogP contribution in [0, 0.1) is 0 Å². The summed E-state index contributed by atoms with van der Waals surface area (Å²) in [6.07, 6.45) is 1.79. The fourth-order valence-corrected chi connectivity index (χ4v) is 0.464. The molecule has 44 valence electrons. The molecule has 0 aliphatic carbocycles. The van der Waals surface area contributed by atoms with Crippen molar-refractivity contribution in [2.75, 3.05) is 13.2 Å². The highest BCUT2D eigenvalue weighted by atomic mass is 31.0. The first-order valence-electron chi connectivity index (χ1n) is 2.34. The van der Waals surface area contributed by atoms with Crippen LogP contribution in [-0.2, 0) is 4.52 Å². The van der Waals surface area contributed by atoms with Crippen LogP contribution in [0.1, 0.15) is 12.8 Å². The lowest BCUT2D eigenvalue weighted by Gasteiger charge is -1.92. The van der Waals surface area contributed by atoms with Gasteiger partial charge in [-0.25, -0.2) is 0 Å². The van der Waals surface area contributed by atoms with Crippen molar-refractivity contribution in [3.05, 3.63) is 0 Å². The predicted molar refractivity (Wildman–Crippen MR) is 32.0 cm³/mol. The van der Waals surface area contributed by atoms with Crippen LogP contribution < -0.4 is 0 Å². The van der Waals surface area contributed by atoms with Crippen molar-refractivity contribution in [3.8, 4) is 0 Å². The van der Waals surface area contributed by atoms with Gasteiger partial charge in [-0.15, -0.1) is 0 Å². The second kappa shape index (κ2) is 6.35. The molecule has 7 heavy (non-hydrogen) atoms. The first-order valence-corrected chi connectivity index (χ1v) is 2.81. The monoisotopic (exact) mass is 122 g/mol. The van der Waals surface area contributed by atoms with E-state index < -0.39 is 0 Å². The number of hydrogen-bond acceptors (Lipinski definition) is 2. The fraction of sp³-hybridized carbons (Fsp3) is 1.00. The van der Waals surface area contributed by atoms with Crippen LogP contribution >= 0.6 is 9.47 Å². The van der Waals surface area contributed by atoms with Gasteiger partial charge in [-0.3, -0.25) is 0 Å². The molecule has 0 aliphatic rings. The van der Waals surface area contributed by atoms with Crippen LogP contribution in [-0.4, -0.2) is 18.3 Å². The third kappa shape index (κ3) is 6.35. The van der Waals surface area contributed by atoms with Crippen LogP contribution in [0.25, 0.3) is 0 Å². The summed E-state index contributed by atoms with van der Waals surface area (Å²) in [5.41, 5.74) is 0. The highest BCUT2D eigenvalue weighted by Gasteiger charge is 1.80. The van der Waals surface area contributed by atoms with Gasteiger partial charge in [0.05, 0.1) is 6.61 Å². The van der Waals surface area contributed by atoms with Crippen molar-refractivity contribution in [3.63, 3.8) is 0 Å². The van der Waals surface area contributed by atoms with E-state index in [9.17, 15) is 0 Å². The van der Waals surface area contributed by atoms with Crippen molar-refractivity contribution in [1.29, 1.82) is 0 Å². The molecule has 0 rings (SSSR count). The van der Waals surface area contributed by atoms with Crippen molar-refractivity contribution in [2.24, 2.45) is 0 Å². The normalized spacial score (nSPS) is 9.43. The zero-order chi connectivity index (χ0) is 5.54. The summed E-state index contributed by atoms with van der Waals surface area (Å²) >= 11 is 0. The lowest BCUT2D eigenvalue weighted by atomic mass is 10.3. The van der Waals surface area contributed by atoms with Gasteiger partial charge in [0.15, 0.2) is 0 Å². The molecule has 1 N–H and O–H groups in total. The zero-order valence-electron chi connectivity index (χ0n) is 4.26. The molecule has 0 bridgehead atoms. The standard InChI is InChI=1S/C4H11O2P/c5-3-1-2-4-6-7/h5H,1-4,7H2. The van der Waals surface area contributed by atoms with E-state index in [1.165, 1.54) is 0 Å². The summed E-state index contributed by atoms with van der Waals surface area (Å²) in [7, 11) is 2.17. The van der Waals surface area contributed by atoms with Gasteiger partial charge in [-0.1, -0.05) is 0 Å². The Morgan fingerprint density at radius 1 is 1.43 bits per heavy atom. The average molecular weight is 122 g/mol. The van der Waals surface area contributed by atoms with Gasteiger partial charge >= 0.3 is 0 Å². The Bertz CT molecular complexity index is 28.9. The Morgan fingerprint density at radius 2 is 2.14 bits per heavy atom. The Morgan fingerprint density at radius 3 is 2.57 bits per heavy atom. The number of unbranched alkanes of at least 4 members (excludes halogenated alkanes) is 1. The molecule has 0 heterocycles. The molecule has 2 nitrogen and oxygen atoms in total. The minimum Gasteiger partial charge on any atom is -0.396 e. The van der Waals surface area contributed by atoms with Gasteiger partial charge in [-0.2, -0.15) is 0 Å². The first kappa shape index (κ1) is 7.35.